The molecule has 4 rings (SSSR count). The van der Waals surface area contributed by atoms with Crippen LogP contribution < -0.4 is 4.90 Å². The fourth-order valence-corrected chi connectivity index (χ4v) is 3.41. The van der Waals surface area contributed by atoms with Gasteiger partial charge in [0, 0.05) is 51.3 Å². The fourth-order valence-electron chi connectivity index (χ4n) is 3.41. The van der Waals surface area contributed by atoms with Gasteiger partial charge < -0.3 is 18.8 Å². The first-order chi connectivity index (χ1) is 12.2. The minimum Gasteiger partial charge on any atom is -0.472 e. The summed E-state index contributed by atoms with van der Waals surface area (Å²) in [5.74, 6) is 1.38. The number of oxazole rings is 1. The van der Waals surface area contributed by atoms with Crippen molar-refractivity contribution in [3.05, 3.63) is 36.4 Å². The van der Waals surface area contributed by atoms with Crippen LogP contribution in [0, 0.1) is 6.92 Å². The van der Waals surface area contributed by atoms with Gasteiger partial charge in [-0.3, -0.25) is 4.90 Å². The lowest BCUT2D eigenvalue weighted by molar-refractivity contribution is 0.135. The van der Waals surface area contributed by atoms with Crippen LogP contribution >= 0.6 is 0 Å². The number of rotatable bonds is 5. The fraction of sp³-hybridized carbons (Fsp3) is 0.471. The molecule has 25 heavy (non-hydrogen) atoms. The number of piperazine rings is 1. The lowest BCUT2D eigenvalue weighted by Gasteiger charge is -2.41. The van der Waals surface area contributed by atoms with Crippen LogP contribution in [0.3, 0.4) is 0 Å². The van der Waals surface area contributed by atoms with Crippen LogP contribution in [0.15, 0.2) is 33.8 Å². The molecule has 8 nitrogen and oxygen atoms in total. The molecule has 0 radical (unpaired) electrons. The molecule has 0 amide bonds. The van der Waals surface area contributed by atoms with Crippen LogP contribution in [0.1, 0.15) is 17.9 Å². The van der Waals surface area contributed by atoms with Crippen LogP contribution in [0.25, 0.3) is 11.2 Å². The zero-order valence-electron chi connectivity index (χ0n) is 14.1. The Morgan fingerprint density at radius 1 is 1.32 bits per heavy atom. The molecule has 3 aromatic heterocycles. The zero-order valence-corrected chi connectivity index (χ0v) is 14.1. The SMILES string of the molecule is Cc1nc2c(N3CCN(Cc4ccoc4)[C@@H](CCO)C3)ncnc2o1. The van der Waals surface area contributed by atoms with Crippen molar-refractivity contribution >= 4 is 17.0 Å². The van der Waals surface area contributed by atoms with Gasteiger partial charge in [0.25, 0.3) is 5.71 Å². The highest BCUT2D eigenvalue weighted by Gasteiger charge is 2.29. The Balaban J connectivity index is 1.56. The van der Waals surface area contributed by atoms with Gasteiger partial charge in [-0.1, -0.05) is 0 Å². The van der Waals surface area contributed by atoms with Crippen molar-refractivity contribution < 1.29 is 13.9 Å². The van der Waals surface area contributed by atoms with Gasteiger partial charge in [0.15, 0.2) is 17.2 Å². The molecule has 1 N–H and O–H groups in total. The van der Waals surface area contributed by atoms with Crippen molar-refractivity contribution in [1.82, 2.24) is 19.9 Å². The van der Waals surface area contributed by atoms with Crippen LogP contribution in [0.4, 0.5) is 5.82 Å². The number of fused-ring (bicyclic) bond motifs is 1. The first-order valence-electron chi connectivity index (χ1n) is 8.43. The number of aryl methyl sites for hydroxylation is 1. The molecule has 1 aliphatic rings. The second-order valence-electron chi connectivity index (χ2n) is 6.30. The molecule has 4 heterocycles. The van der Waals surface area contributed by atoms with Crippen LogP contribution in [0.2, 0.25) is 0 Å². The van der Waals surface area contributed by atoms with Crippen molar-refractivity contribution in [1.29, 1.82) is 0 Å². The minimum atomic E-state index is 0.155. The minimum absolute atomic E-state index is 0.155. The van der Waals surface area contributed by atoms with Crippen molar-refractivity contribution in [2.24, 2.45) is 0 Å². The number of aliphatic hydroxyl groups is 1. The van der Waals surface area contributed by atoms with Gasteiger partial charge in [-0.2, -0.15) is 4.98 Å². The molecule has 1 fully saturated rings. The lowest BCUT2D eigenvalue weighted by atomic mass is 10.1. The Bertz CT molecular complexity index is 832. The summed E-state index contributed by atoms with van der Waals surface area (Å²) in [7, 11) is 0. The predicted octanol–water partition coefficient (Wildman–Crippen LogP) is 1.59. The van der Waals surface area contributed by atoms with E-state index in [0.717, 1.165) is 37.6 Å². The third-order valence-corrected chi connectivity index (χ3v) is 4.62. The van der Waals surface area contributed by atoms with E-state index in [1.807, 2.05) is 13.0 Å². The molecule has 1 aliphatic heterocycles. The number of anilines is 1. The van der Waals surface area contributed by atoms with Gasteiger partial charge in [-0.05, 0) is 12.5 Å². The second-order valence-corrected chi connectivity index (χ2v) is 6.30. The Morgan fingerprint density at radius 2 is 2.24 bits per heavy atom. The highest BCUT2D eigenvalue weighted by atomic mass is 16.4. The lowest BCUT2D eigenvalue weighted by Crippen LogP contribution is -2.53. The Labute approximate surface area is 145 Å². The van der Waals surface area contributed by atoms with Crippen molar-refractivity contribution in [2.45, 2.75) is 25.9 Å². The van der Waals surface area contributed by atoms with Gasteiger partial charge in [0.1, 0.15) is 6.33 Å². The van der Waals surface area contributed by atoms with Gasteiger partial charge >= 0.3 is 0 Å². The highest BCUT2D eigenvalue weighted by molar-refractivity contribution is 5.81. The average molecular weight is 343 g/mol. The Hall–Kier alpha value is -2.45. The third kappa shape index (κ3) is 3.22. The topological polar surface area (TPSA) is 91.7 Å². The molecular formula is C17H21N5O3. The predicted molar refractivity (Wildman–Crippen MR) is 91.2 cm³/mol. The van der Waals surface area contributed by atoms with E-state index in [-0.39, 0.29) is 12.6 Å². The molecule has 0 saturated carbocycles. The largest absolute Gasteiger partial charge is 0.472 e. The average Bonchev–Trinajstić information content (AvgIpc) is 3.24. The smallest absolute Gasteiger partial charge is 0.252 e. The van der Waals surface area contributed by atoms with Crippen LogP contribution in [0.5, 0.6) is 0 Å². The third-order valence-electron chi connectivity index (χ3n) is 4.62. The maximum Gasteiger partial charge on any atom is 0.252 e. The molecule has 1 atom stereocenters. The van der Waals surface area contributed by atoms with E-state index in [9.17, 15) is 5.11 Å². The number of aliphatic hydroxyl groups excluding tert-OH is 1. The van der Waals surface area contributed by atoms with E-state index in [1.165, 1.54) is 6.33 Å². The van der Waals surface area contributed by atoms with Gasteiger partial charge in [0.2, 0.25) is 0 Å². The molecule has 8 heteroatoms. The quantitative estimate of drug-likeness (QED) is 0.747. The molecule has 0 spiro atoms. The number of hydrogen-bond donors (Lipinski definition) is 1. The van der Waals surface area contributed by atoms with E-state index >= 15 is 0 Å². The van der Waals surface area contributed by atoms with E-state index < -0.39 is 0 Å². The molecular weight excluding hydrogens is 322 g/mol. The standard InChI is InChI=1S/C17H21N5O3/c1-12-20-15-16(18-11-19-17(15)25-12)22-5-4-21(14(9-22)2-6-23)8-13-3-7-24-10-13/h3,7,10-11,14,23H,2,4-6,8-9H2,1H3/t14-/m0/s1. The zero-order chi connectivity index (χ0) is 17.2. The normalized spacial score (nSPS) is 19.0. The van der Waals surface area contributed by atoms with E-state index in [0.29, 0.717) is 23.5 Å². The number of aromatic nitrogens is 3. The first-order valence-corrected chi connectivity index (χ1v) is 8.43. The molecule has 132 valence electrons. The molecule has 0 bridgehead atoms. The number of furan rings is 1. The summed E-state index contributed by atoms with van der Waals surface area (Å²) in [5.41, 5.74) is 2.36. The van der Waals surface area contributed by atoms with Gasteiger partial charge in [-0.15, -0.1) is 0 Å². The van der Waals surface area contributed by atoms with Crippen LogP contribution in [-0.4, -0.2) is 57.2 Å². The summed E-state index contributed by atoms with van der Waals surface area (Å²) < 4.78 is 10.7. The van der Waals surface area contributed by atoms with Crippen LogP contribution in [-0.2, 0) is 6.54 Å². The Morgan fingerprint density at radius 3 is 3.04 bits per heavy atom. The molecule has 1 saturated heterocycles. The summed E-state index contributed by atoms with van der Waals surface area (Å²) in [5, 5.41) is 9.48. The van der Waals surface area contributed by atoms with E-state index in [1.54, 1.807) is 12.5 Å². The first kappa shape index (κ1) is 16.0. The van der Waals surface area contributed by atoms with Crippen molar-refractivity contribution in [2.75, 3.05) is 31.1 Å². The maximum absolute atomic E-state index is 9.48. The second kappa shape index (κ2) is 6.81. The molecule has 3 aromatic rings. The summed E-state index contributed by atoms with van der Waals surface area (Å²) in [6, 6.07) is 2.21. The Kier molecular flexibility index (Phi) is 4.37. The number of hydrogen-bond acceptors (Lipinski definition) is 8. The highest BCUT2D eigenvalue weighted by Crippen LogP contribution is 2.26. The summed E-state index contributed by atoms with van der Waals surface area (Å²) >= 11 is 0. The molecule has 0 aliphatic carbocycles. The monoisotopic (exact) mass is 343 g/mol. The van der Waals surface area contributed by atoms with E-state index in [2.05, 4.69) is 24.8 Å². The van der Waals surface area contributed by atoms with E-state index in [4.69, 9.17) is 8.83 Å². The number of nitrogens with zero attached hydrogens (tertiary/aromatic N) is 5. The van der Waals surface area contributed by atoms with Gasteiger partial charge in [-0.25, -0.2) is 9.97 Å². The van der Waals surface area contributed by atoms with Crippen molar-refractivity contribution in [3.63, 3.8) is 0 Å². The summed E-state index contributed by atoms with van der Waals surface area (Å²) in [6.45, 7) is 5.26. The summed E-state index contributed by atoms with van der Waals surface area (Å²) in [6.07, 6.45) is 5.69. The summed E-state index contributed by atoms with van der Waals surface area (Å²) in [4.78, 5) is 17.6. The van der Waals surface area contributed by atoms with Gasteiger partial charge in [0.05, 0.1) is 12.5 Å². The van der Waals surface area contributed by atoms with Crippen molar-refractivity contribution in [3.8, 4) is 0 Å². The maximum atomic E-state index is 9.48. The molecule has 0 unspecified atom stereocenters. The molecule has 0 aromatic carbocycles.